The number of hydrogen-bond donors (Lipinski definition) is 3. The van der Waals surface area contributed by atoms with Gasteiger partial charge in [0, 0.05) is 23.8 Å². The highest BCUT2D eigenvalue weighted by atomic mass is 79.9. The number of carbonyl (C=O) groups is 1. The number of amides is 1. The zero-order valence-corrected chi connectivity index (χ0v) is 14.8. The number of primary amides is 1. The third kappa shape index (κ3) is 4.70. The molecule has 0 saturated carbocycles. The van der Waals surface area contributed by atoms with Gasteiger partial charge in [-0.15, -0.1) is 0 Å². The summed E-state index contributed by atoms with van der Waals surface area (Å²) < 4.78 is 14.3. The highest BCUT2D eigenvalue weighted by Crippen LogP contribution is 2.25. The average molecular weight is 422 g/mol. The second kappa shape index (κ2) is 7.81. The molecule has 2 rings (SSSR count). The molecule has 5 nitrogen and oxygen atoms in total. The van der Waals surface area contributed by atoms with Gasteiger partial charge in [-0.3, -0.25) is 4.79 Å². The first-order chi connectivity index (χ1) is 10.9. The van der Waals surface area contributed by atoms with Gasteiger partial charge in [0.05, 0.1) is 21.3 Å². The fraction of sp³-hybridized carbons (Fsp3) is 0.143. The van der Waals surface area contributed by atoms with Crippen molar-refractivity contribution in [2.75, 3.05) is 23.7 Å². The molecule has 122 valence electrons. The van der Waals surface area contributed by atoms with Crippen molar-refractivity contribution in [1.29, 1.82) is 0 Å². The largest absolute Gasteiger partial charge is 0.383 e. The zero-order chi connectivity index (χ0) is 17.0. The van der Waals surface area contributed by atoms with Crippen molar-refractivity contribution in [1.82, 2.24) is 4.98 Å². The summed E-state index contributed by atoms with van der Waals surface area (Å²) in [7, 11) is 0. The van der Waals surface area contributed by atoms with Crippen LogP contribution in [0.5, 0.6) is 0 Å². The van der Waals surface area contributed by atoms with Crippen LogP contribution in [0.15, 0.2) is 28.9 Å². The molecule has 0 aliphatic rings. The van der Waals surface area contributed by atoms with Gasteiger partial charge in [0.1, 0.15) is 11.6 Å². The lowest BCUT2D eigenvalue weighted by Gasteiger charge is -2.13. The Labute approximate surface area is 150 Å². The van der Waals surface area contributed by atoms with Crippen LogP contribution in [0.3, 0.4) is 0 Å². The zero-order valence-electron chi connectivity index (χ0n) is 11.7. The van der Waals surface area contributed by atoms with E-state index in [4.69, 9.17) is 28.9 Å². The Morgan fingerprint density at radius 2 is 1.96 bits per heavy atom. The summed E-state index contributed by atoms with van der Waals surface area (Å²) in [6, 6.07) is 4.33. The van der Waals surface area contributed by atoms with E-state index >= 15 is 0 Å². The summed E-state index contributed by atoms with van der Waals surface area (Å²) in [5.74, 6) is -1.05. The van der Waals surface area contributed by atoms with Crippen LogP contribution in [0.25, 0.3) is 0 Å². The Morgan fingerprint density at radius 1 is 1.26 bits per heavy atom. The number of nitrogens with zero attached hydrogens (tertiary/aromatic N) is 1. The van der Waals surface area contributed by atoms with Crippen molar-refractivity contribution in [2.45, 2.75) is 0 Å². The fourth-order valence-corrected chi connectivity index (χ4v) is 2.76. The molecule has 0 aliphatic heterocycles. The molecule has 0 bridgehead atoms. The lowest BCUT2D eigenvalue weighted by atomic mass is 10.1. The molecule has 4 N–H and O–H groups in total. The Kier molecular flexibility index (Phi) is 6.04. The van der Waals surface area contributed by atoms with Crippen molar-refractivity contribution < 1.29 is 9.18 Å². The Hall–Kier alpha value is -1.57. The minimum absolute atomic E-state index is 0.184. The first-order valence-corrected chi connectivity index (χ1v) is 8.01. The lowest BCUT2D eigenvalue weighted by Crippen LogP contribution is -2.20. The molecule has 1 aromatic carbocycles. The molecule has 0 aliphatic carbocycles. The van der Waals surface area contributed by atoms with Crippen molar-refractivity contribution in [3.63, 3.8) is 0 Å². The average Bonchev–Trinajstić information content (AvgIpc) is 2.44. The predicted molar refractivity (Wildman–Crippen MR) is 93.9 cm³/mol. The SMILES string of the molecule is NC(=O)c1c(F)cc(Br)cc1NCCNc1ncc(Cl)cc1Cl. The lowest BCUT2D eigenvalue weighted by molar-refractivity contribution is 0.0997. The first-order valence-electron chi connectivity index (χ1n) is 6.46. The van der Waals surface area contributed by atoms with Crippen molar-refractivity contribution >= 4 is 56.5 Å². The molecule has 0 fully saturated rings. The number of hydrogen-bond acceptors (Lipinski definition) is 4. The summed E-state index contributed by atoms with van der Waals surface area (Å²) >= 11 is 14.9. The molecule has 9 heteroatoms. The van der Waals surface area contributed by atoms with Crippen LogP contribution in [0.2, 0.25) is 10.0 Å². The maximum absolute atomic E-state index is 13.8. The number of nitrogens with one attached hydrogen (secondary N) is 2. The van der Waals surface area contributed by atoms with Crippen LogP contribution in [-0.4, -0.2) is 24.0 Å². The summed E-state index contributed by atoms with van der Waals surface area (Å²) in [6.45, 7) is 0.817. The number of nitrogens with two attached hydrogens (primary N) is 1. The number of rotatable bonds is 6. The van der Waals surface area contributed by atoms with E-state index in [1.54, 1.807) is 12.1 Å². The molecule has 1 aromatic heterocycles. The quantitative estimate of drug-likeness (QED) is 0.617. The predicted octanol–water partition coefficient (Wildman–Crippen LogP) is 3.91. The highest BCUT2D eigenvalue weighted by Gasteiger charge is 2.15. The molecule has 0 spiro atoms. The van der Waals surface area contributed by atoms with Crippen molar-refractivity contribution in [3.05, 3.63) is 50.3 Å². The van der Waals surface area contributed by atoms with E-state index in [-0.39, 0.29) is 5.56 Å². The van der Waals surface area contributed by atoms with Gasteiger partial charge in [0.15, 0.2) is 0 Å². The molecule has 1 amide bonds. The van der Waals surface area contributed by atoms with E-state index in [0.29, 0.717) is 39.1 Å². The van der Waals surface area contributed by atoms with E-state index in [1.807, 2.05) is 0 Å². The summed E-state index contributed by atoms with van der Waals surface area (Å²) in [4.78, 5) is 15.4. The fourth-order valence-electron chi connectivity index (χ4n) is 1.89. The highest BCUT2D eigenvalue weighted by molar-refractivity contribution is 9.10. The van der Waals surface area contributed by atoms with E-state index < -0.39 is 11.7 Å². The van der Waals surface area contributed by atoms with Gasteiger partial charge < -0.3 is 16.4 Å². The molecule has 1 heterocycles. The Morgan fingerprint density at radius 3 is 2.61 bits per heavy atom. The molecule has 0 radical (unpaired) electrons. The monoisotopic (exact) mass is 420 g/mol. The van der Waals surface area contributed by atoms with Gasteiger partial charge in [0.2, 0.25) is 0 Å². The topological polar surface area (TPSA) is 80.0 Å². The summed E-state index contributed by atoms with van der Waals surface area (Å²) in [5, 5.41) is 6.78. The molecular weight excluding hydrogens is 410 g/mol. The minimum Gasteiger partial charge on any atom is -0.383 e. The van der Waals surface area contributed by atoms with Crippen LogP contribution < -0.4 is 16.4 Å². The van der Waals surface area contributed by atoms with Crippen LogP contribution in [-0.2, 0) is 0 Å². The number of benzene rings is 1. The van der Waals surface area contributed by atoms with Crippen LogP contribution in [0, 0.1) is 5.82 Å². The maximum atomic E-state index is 13.8. The van der Waals surface area contributed by atoms with Crippen molar-refractivity contribution in [3.8, 4) is 0 Å². The van der Waals surface area contributed by atoms with Crippen LogP contribution in [0.4, 0.5) is 15.9 Å². The van der Waals surface area contributed by atoms with Crippen molar-refractivity contribution in [2.24, 2.45) is 5.73 Å². The van der Waals surface area contributed by atoms with Gasteiger partial charge in [-0.25, -0.2) is 9.37 Å². The van der Waals surface area contributed by atoms with E-state index in [9.17, 15) is 9.18 Å². The third-order valence-electron chi connectivity index (χ3n) is 2.84. The molecule has 0 unspecified atom stereocenters. The number of pyridine rings is 1. The number of halogens is 4. The van der Waals surface area contributed by atoms with Gasteiger partial charge >= 0.3 is 0 Å². The van der Waals surface area contributed by atoms with Crippen LogP contribution in [0.1, 0.15) is 10.4 Å². The maximum Gasteiger partial charge on any atom is 0.253 e. The van der Waals surface area contributed by atoms with Gasteiger partial charge in [-0.05, 0) is 18.2 Å². The molecular formula is C14H12BrCl2FN4O. The number of aromatic nitrogens is 1. The van der Waals surface area contributed by atoms with Gasteiger partial charge in [-0.1, -0.05) is 39.1 Å². The number of anilines is 2. The standard InChI is InChI=1S/C14H12BrCl2FN4O/c15-7-3-10(18)12(13(19)23)11(4-7)20-1-2-21-14-9(17)5-8(16)6-22-14/h3-6,20H,1-2H2,(H2,19,23)(H,21,22). The molecule has 2 aromatic rings. The third-order valence-corrected chi connectivity index (χ3v) is 3.79. The second-order valence-electron chi connectivity index (χ2n) is 4.51. The van der Waals surface area contributed by atoms with E-state index in [2.05, 4.69) is 31.5 Å². The summed E-state index contributed by atoms with van der Waals surface area (Å²) in [6.07, 6.45) is 1.47. The normalized spacial score (nSPS) is 10.4. The smallest absolute Gasteiger partial charge is 0.253 e. The van der Waals surface area contributed by atoms with E-state index in [1.165, 1.54) is 12.3 Å². The summed E-state index contributed by atoms with van der Waals surface area (Å²) in [5.41, 5.74) is 5.33. The molecule has 0 atom stereocenters. The first kappa shape index (κ1) is 17.8. The Bertz CT molecular complexity index is 745. The van der Waals surface area contributed by atoms with Crippen LogP contribution >= 0.6 is 39.1 Å². The second-order valence-corrected chi connectivity index (χ2v) is 6.27. The molecule has 0 saturated heterocycles. The molecule has 23 heavy (non-hydrogen) atoms. The van der Waals surface area contributed by atoms with Gasteiger partial charge in [0.25, 0.3) is 5.91 Å². The Balaban J connectivity index is 2.00. The van der Waals surface area contributed by atoms with Gasteiger partial charge in [-0.2, -0.15) is 0 Å². The minimum atomic E-state index is -0.840. The van der Waals surface area contributed by atoms with E-state index in [0.717, 1.165) is 0 Å². The number of carbonyl (C=O) groups excluding carboxylic acids is 1.